The van der Waals surface area contributed by atoms with E-state index in [1.165, 1.54) is 0 Å². The summed E-state index contributed by atoms with van der Waals surface area (Å²) in [6, 6.07) is 13.7. The van der Waals surface area contributed by atoms with Gasteiger partial charge in [-0.1, -0.05) is 37.3 Å². The number of hydrogen-bond acceptors (Lipinski definition) is 3. The number of rotatable bonds is 4. The van der Waals surface area contributed by atoms with Gasteiger partial charge >= 0.3 is 6.09 Å². The molecule has 0 radical (unpaired) electrons. The molecule has 0 N–H and O–H groups in total. The molecule has 1 saturated heterocycles. The van der Waals surface area contributed by atoms with Crippen molar-refractivity contribution in [3.63, 3.8) is 0 Å². The van der Waals surface area contributed by atoms with Crippen molar-refractivity contribution in [1.82, 2.24) is 9.47 Å². The first-order valence-electron chi connectivity index (χ1n) is 10.4. The number of pyridine rings is 1. The second-order valence-corrected chi connectivity index (χ2v) is 9.34. The van der Waals surface area contributed by atoms with Crippen molar-refractivity contribution in [2.45, 2.75) is 59.1 Å². The van der Waals surface area contributed by atoms with Crippen LogP contribution in [0.15, 0.2) is 53.5 Å². The average molecular weight is 397 g/mol. The van der Waals surface area contributed by atoms with Gasteiger partial charge in [-0.15, -0.1) is 0 Å². The first-order valence-corrected chi connectivity index (χ1v) is 10.4. The van der Waals surface area contributed by atoms with Gasteiger partial charge in [-0.25, -0.2) is 4.79 Å². The topological polar surface area (TPSA) is 51.5 Å². The van der Waals surface area contributed by atoms with Gasteiger partial charge in [0.2, 0.25) is 0 Å². The molecule has 1 aliphatic heterocycles. The highest BCUT2D eigenvalue weighted by molar-refractivity contribution is 5.68. The first-order chi connectivity index (χ1) is 13.7. The summed E-state index contributed by atoms with van der Waals surface area (Å²) in [6.07, 6.45) is 4.42. The number of carbonyl (C=O) groups excluding carboxylic acids is 1. The Balaban J connectivity index is 1.56. The lowest BCUT2D eigenvalue weighted by Gasteiger charge is -2.40. The maximum atomic E-state index is 12.6. The zero-order chi connectivity index (χ0) is 21.1. The molecule has 2 aromatic rings. The average Bonchev–Trinajstić information content (AvgIpc) is 2.67. The summed E-state index contributed by atoms with van der Waals surface area (Å²) in [5.41, 5.74) is 1.68. The number of ether oxygens (including phenoxy) is 1. The van der Waals surface area contributed by atoms with Crippen LogP contribution in [0, 0.1) is 5.41 Å². The quantitative estimate of drug-likeness (QED) is 0.735. The van der Waals surface area contributed by atoms with Crippen LogP contribution in [-0.4, -0.2) is 34.3 Å². The highest BCUT2D eigenvalue weighted by Gasteiger charge is 2.33. The molecule has 5 heteroatoms. The Morgan fingerprint density at radius 2 is 1.72 bits per heavy atom. The van der Waals surface area contributed by atoms with Gasteiger partial charge in [0.1, 0.15) is 5.60 Å². The van der Waals surface area contributed by atoms with Crippen LogP contribution < -0.4 is 5.56 Å². The van der Waals surface area contributed by atoms with Crippen LogP contribution in [0.3, 0.4) is 0 Å². The zero-order valence-corrected chi connectivity index (χ0v) is 18.0. The van der Waals surface area contributed by atoms with Crippen molar-refractivity contribution >= 4 is 6.09 Å². The van der Waals surface area contributed by atoms with Crippen LogP contribution in [0.25, 0.3) is 11.1 Å². The van der Waals surface area contributed by atoms with Crippen LogP contribution in [0.2, 0.25) is 0 Å². The van der Waals surface area contributed by atoms with Crippen molar-refractivity contribution in [2.75, 3.05) is 13.1 Å². The second kappa shape index (κ2) is 8.44. The minimum Gasteiger partial charge on any atom is -0.444 e. The molecule has 1 aliphatic rings. The van der Waals surface area contributed by atoms with E-state index in [2.05, 4.69) is 6.92 Å². The molecular formula is C24H32N2O3. The smallest absolute Gasteiger partial charge is 0.410 e. The van der Waals surface area contributed by atoms with Crippen LogP contribution in [0.4, 0.5) is 4.79 Å². The first kappa shape index (κ1) is 21.2. The fourth-order valence-corrected chi connectivity index (χ4v) is 3.70. The zero-order valence-electron chi connectivity index (χ0n) is 18.0. The maximum Gasteiger partial charge on any atom is 0.410 e. The van der Waals surface area contributed by atoms with Gasteiger partial charge in [-0.3, -0.25) is 4.79 Å². The normalized spacial score (nSPS) is 16.5. The number of aromatic nitrogens is 1. The maximum absolute atomic E-state index is 12.6. The summed E-state index contributed by atoms with van der Waals surface area (Å²) in [5, 5.41) is 0. The Morgan fingerprint density at radius 3 is 2.31 bits per heavy atom. The lowest BCUT2D eigenvalue weighted by atomic mass is 9.77. The van der Waals surface area contributed by atoms with E-state index in [9.17, 15) is 9.59 Å². The molecule has 1 fully saturated rings. The van der Waals surface area contributed by atoms with E-state index in [0.29, 0.717) is 19.6 Å². The van der Waals surface area contributed by atoms with Gasteiger partial charge in [0, 0.05) is 31.9 Å². The largest absolute Gasteiger partial charge is 0.444 e. The molecule has 29 heavy (non-hydrogen) atoms. The number of likely N-dealkylation sites (tertiary alicyclic amines) is 1. The molecule has 156 valence electrons. The predicted octanol–water partition coefficient (Wildman–Crippen LogP) is 4.94. The van der Waals surface area contributed by atoms with Crippen LogP contribution >= 0.6 is 0 Å². The molecule has 0 saturated carbocycles. The van der Waals surface area contributed by atoms with E-state index in [-0.39, 0.29) is 17.1 Å². The molecule has 1 aromatic carbocycles. The molecule has 1 amide bonds. The van der Waals surface area contributed by atoms with E-state index in [1.807, 2.05) is 63.4 Å². The molecule has 0 unspecified atom stereocenters. The fraction of sp³-hybridized carbons (Fsp3) is 0.500. The van der Waals surface area contributed by atoms with E-state index in [1.54, 1.807) is 15.5 Å². The summed E-state index contributed by atoms with van der Waals surface area (Å²) >= 11 is 0. The highest BCUT2D eigenvalue weighted by Crippen LogP contribution is 2.35. The van der Waals surface area contributed by atoms with Crippen LogP contribution in [0.1, 0.15) is 47.0 Å². The Kier molecular flexibility index (Phi) is 6.15. The molecule has 2 heterocycles. The van der Waals surface area contributed by atoms with Crippen molar-refractivity contribution in [3.8, 4) is 11.1 Å². The highest BCUT2D eigenvalue weighted by atomic mass is 16.6. The van der Waals surface area contributed by atoms with Gasteiger partial charge in [-0.05, 0) is 62.6 Å². The molecule has 0 aliphatic carbocycles. The van der Waals surface area contributed by atoms with E-state index >= 15 is 0 Å². The summed E-state index contributed by atoms with van der Waals surface area (Å²) < 4.78 is 7.27. The van der Waals surface area contributed by atoms with Crippen LogP contribution in [-0.2, 0) is 11.3 Å². The number of amides is 1. The molecule has 1 aromatic heterocycles. The van der Waals surface area contributed by atoms with Gasteiger partial charge in [0.25, 0.3) is 5.56 Å². The predicted molar refractivity (Wildman–Crippen MR) is 116 cm³/mol. The van der Waals surface area contributed by atoms with Crippen molar-refractivity contribution in [3.05, 3.63) is 59.0 Å². The standard InChI is InChI=1S/C24H32N2O3/c1-23(2,3)29-22(28)26-16-12-24(4,13-17-26)11-15-25-14-10-20(18-21(25)27)19-8-6-5-7-9-19/h5-10,14,18H,11-13,15-17H2,1-4H3. The summed E-state index contributed by atoms with van der Waals surface area (Å²) in [5.74, 6) is 0. The van der Waals surface area contributed by atoms with Crippen LogP contribution in [0.5, 0.6) is 0 Å². The van der Waals surface area contributed by atoms with Gasteiger partial charge in [-0.2, -0.15) is 0 Å². The summed E-state index contributed by atoms with van der Waals surface area (Å²) in [4.78, 5) is 26.6. The molecular weight excluding hydrogens is 364 g/mol. The number of nitrogens with zero attached hydrogens (tertiary/aromatic N) is 2. The molecule has 3 rings (SSSR count). The third kappa shape index (κ3) is 5.72. The Labute approximate surface area is 173 Å². The minimum atomic E-state index is -0.467. The number of hydrogen-bond donors (Lipinski definition) is 0. The number of piperidine rings is 1. The van der Waals surface area contributed by atoms with E-state index < -0.39 is 5.60 Å². The Hall–Kier alpha value is -2.56. The SMILES string of the molecule is CC1(CCn2ccc(-c3ccccc3)cc2=O)CCN(C(=O)OC(C)(C)C)CC1. The molecule has 0 spiro atoms. The Bertz CT molecular complexity index is 888. The van der Waals surface area contributed by atoms with E-state index in [4.69, 9.17) is 4.74 Å². The van der Waals surface area contributed by atoms with Gasteiger partial charge in [0.15, 0.2) is 0 Å². The lowest BCUT2D eigenvalue weighted by Crippen LogP contribution is -2.44. The summed E-state index contributed by atoms with van der Waals surface area (Å²) in [6.45, 7) is 10.0. The molecule has 5 nitrogen and oxygen atoms in total. The monoisotopic (exact) mass is 396 g/mol. The number of carbonyl (C=O) groups is 1. The molecule has 0 atom stereocenters. The summed E-state index contributed by atoms with van der Waals surface area (Å²) in [7, 11) is 0. The second-order valence-electron chi connectivity index (χ2n) is 9.34. The number of aryl methyl sites for hydroxylation is 1. The Morgan fingerprint density at radius 1 is 1.07 bits per heavy atom. The van der Waals surface area contributed by atoms with E-state index in [0.717, 1.165) is 30.4 Å². The van der Waals surface area contributed by atoms with Crippen molar-refractivity contribution < 1.29 is 9.53 Å². The van der Waals surface area contributed by atoms with Gasteiger partial charge in [0.05, 0.1) is 0 Å². The third-order valence-electron chi connectivity index (χ3n) is 5.68. The lowest BCUT2D eigenvalue weighted by molar-refractivity contribution is 0.0106. The number of benzene rings is 1. The van der Waals surface area contributed by atoms with Crippen molar-refractivity contribution in [1.29, 1.82) is 0 Å². The molecule has 0 bridgehead atoms. The fourth-order valence-electron chi connectivity index (χ4n) is 3.70. The minimum absolute atomic E-state index is 0.0288. The van der Waals surface area contributed by atoms with Gasteiger partial charge < -0.3 is 14.2 Å². The van der Waals surface area contributed by atoms with Crippen molar-refractivity contribution in [2.24, 2.45) is 5.41 Å². The third-order valence-corrected chi connectivity index (χ3v) is 5.68.